The van der Waals surface area contributed by atoms with Crippen LogP contribution in [0, 0.1) is 11.8 Å². The van der Waals surface area contributed by atoms with Crippen LogP contribution in [0.2, 0.25) is 5.02 Å². The summed E-state index contributed by atoms with van der Waals surface area (Å²) in [7, 11) is 0. The summed E-state index contributed by atoms with van der Waals surface area (Å²) in [6.45, 7) is 0.295. The van der Waals surface area contributed by atoms with E-state index in [-0.39, 0.29) is 0 Å². The maximum atomic E-state index is 6.29. The van der Waals surface area contributed by atoms with E-state index in [1.807, 2.05) is 12.1 Å². The molecule has 2 saturated carbocycles. The van der Waals surface area contributed by atoms with Crippen LogP contribution in [0.3, 0.4) is 0 Å². The van der Waals surface area contributed by atoms with Gasteiger partial charge in [0.2, 0.25) is 6.79 Å². The Bertz CT molecular complexity index is 491. The lowest BCUT2D eigenvalue weighted by atomic mass is 9.95. The number of hydrogen-bond donors (Lipinski definition) is 1. The molecule has 3 nitrogen and oxygen atoms in total. The lowest BCUT2D eigenvalue weighted by Gasteiger charge is -2.24. The fourth-order valence-electron chi connectivity index (χ4n) is 3.65. The fraction of sp³-hybridized carbons (Fsp3) is 0.571. The topological polar surface area (TPSA) is 30.5 Å². The molecule has 4 rings (SSSR count). The van der Waals surface area contributed by atoms with Gasteiger partial charge in [0.1, 0.15) is 0 Å². The van der Waals surface area contributed by atoms with Crippen LogP contribution in [0.5, 0.6) is 11.5 Å². The van der Waals surface area contributed by atoms with Crippen LogP contribution in [0.25, 0.3) is 0 Å². The van der Waals surface area contributed by atoms with Gasteiger partial charge >= 0.3 is 0 Å². The van der Waals surface area contributed by atoms with E-state index < -0.39 is 0 Å². The van der Waals surface area contributed by atoms with Crippen molar-refractivity contribution < 1.29 is 9.47 Å². The highest BCUT2D eigenvalue weighted by Crippen LogP contribution is 2.47. The Hall–Kier alpha value is -1.09. The average Bonchev–Trinajstić information content (AvgIpc) is 3.04. The molecule has 1 heterocycles. The summed E-state index contributed by atoms with van der Waals surface area (Å²) < 4.78 is 10.7. The second-order valence-corrected chi connectivity index (χ2v) is 6.02. The number of halogens is 1. The van der Waals surface area contributed by atoms with Crippen molar-refractivity contribution in [1.29, 1.82) is 0 Å². The number of nitrogens with one attached hydrogen (secondary N) is 1. The molecule has 2 aliphatic carbocycles. The summed E-state index contributed by atoms with van der Waals surface area (Å²) in [6.07, 6.45) is 5.46. The Kier molecular flexibility index (Phi) is 2.37. The largest absolute Gasteiger partial charge is 0.454 e. The van der Waals surface area contributed by atoms with Gasteiger partial charge in [-0.1, -0.05) is 18.0 Å². The Balaban J connectivity index is 1.58. The summed E-state index contributed by atoms with van der Waals surface area (Å²) in [4.78, 5) is 0. The van der Waals surface area contributed by atoms with Gasteiger partial charge in [-0.3, -0.25) is 0 Å². The number of fused-ring (bicyclic) bond motifs is 3. The molecule has 3 unspecified atom stereocenters. The van der Waals surface area contributed by atoms with Crippen molar-refractivity contribution in [1.82, 2.24) is 0 Å². The third-order valence-electron chi connectivity index (χ3n) is 4.54. The van der Waals surface area contributed by atoms with E-state index in [0.29, 0.717) is 12.8 Å². The molecule has 18 heavy (non-hydrogen) atoms. The quantitative estimate of drug-likeness (QED) is 0.885. The van der Waals surface area contributed by atoms with Crippen molar-refractivity contribution in [2.75, 3.05) is 12.1 Å². The molecule has 1 aliphatic heterocycles. The van der Waals surface area contributed by atoms with Crippen molar-refractivity contribution in [2.45, 2.75) is 31.7 Å². The maximum absolute atomic E-state index is 6.29. The van der Waals surface area contributed by atoms with Crippen molar-refractivity contribution in [3.05, 3.63) is 17.2 Å². The van der Waals surface area contributed by atoms with E-state index in [1.165, 1.54) is 25.7 Å². The average molecular weight is 266 g/mol. The number of ether oxygens (including phenoxy) is 2. The zero-order chi connectivity index (χ0) is 12.1. The van der Waals surface area contributed by atoms with E-state index in [0.717, 1.165) is 34.0 Å². The van der Waals surface area contributed by atoms with Gasteiger partial charge in [0.05, 0.1) is 10.7 Å². The number of anilines is 1. The second-order valence-electron chi connectivity index (χ2n) is 5.61. The molecular formula is C14H16ClNO2. The van der Waals surface area contributed by atoms with Crippen molar-refractivity contribution in [3.8, 4) is 11.5 Å². The zero-order valence-electron chi connectivity index (χ0n) is 10.1. The van der Waals surface area contributed by atoms with Gasteiger partial charge in [0.15, 0.2) is 11.5 Å². The number of benzene rings is 1. The smallest absolute Gasteiger partial charge is 0.231 e. The zero-order valence-corrected chi connectivity index (χ0v) is 10.9. The van der Waals surface area contributed by atoms with Crippen LogP contribution in [-0.4, -0.2) is 12.8 Å². The molecule has 0 spiro atoms. The first-order chi connectivity index (χ1) is 8.79. The highest BCUT2D eigenvalue weighted by molar-refractivity contribution is 6.33. The summed E-state index contributed by atoms with van der Waals surface area (Å²) in [6, 6.07) is 4.40. The number of hydrogen-bond acceptors (Lipinski definition) is 3. The molecule has 3 aliphatic rings. The molecule has 0 radical (unpaired) electrons. The molecule has 0 saturated heterocycles. The molecule has 1 N–H and O–H groups in total. The van der Waals surface area contributed by atoms with Gasteiger partial charge in [-0.15, -0.1) is 0 Å². The summed E-state index contributed by atoms with van der Waals surface area (Å²) in [5.74, 6) is 3.31. The van der Waals surface area contributed by atoms with Crippen LogP contribution < -0.4 is 14.8 Å². The van der Waals surface area contributed by atoms with Crippen LogP contribution >= 0.6 is 11.6 Å². The standard InChI is InChI=1S/C14H16ClNO2/c15-10-5-13-14(18-7-17-13)6-12(10)16-11-4-8-1-2-9(11)3-8/h5-6,8-9,11,16H,1-4,7H2. The predicted molar refractivity (Wildman–Crippen MR) is 70.4 cm³/mol. The Morgan fingerprint density at radius 1 is 1.11 bits per heavy atom. The van der Waals surface area contributed by atoms with Crippen LogP contribution in [0.4, 0.5) is 5.69 Å². The monoisotopic (exact) mass is 265 g/mol. The second kappa shape index (κ2) is 3.95. The molecule has 2 bridgehead atoms. The minimum atomic E-state index is 0.295. The Labute approximate surface area is 111 Å². The molecule has 3 atom stereocenters. The van der Waals surface area contributed by atoms with E-state index in [4.69, 9.17) is 21.1 Å². The van der Waals surface area contributed by atoms with Crippen molar-refractivity contribution in [2.24, 2.45) is 11.8 Å². The number of rotatable bonds is 2. The minimum Gasteiger partial charge on any atom is -0.454 e. The van der Waals surface area contributed by atoms with Gasteiger partial charge in [0.25, 0.3) is 0 Å². The molecular weight excluding hydrogens is 250 g/mol. The Morgan fingerprint density at radius 3 is 2.67 bits per heavy atom. The lowest BCUT2D eigenvalue weighted by Crippen LogP contribution is -2.25. The molecule has 0 amide bonds. The third kappa shape index (κ3) is 1.64. The van der Waals surface area contributed by atoms with Crippen LogP contribution in [-0.2, 0) is 0 Å². The molecule has 2 fully saturated rings. The van der Waals surface area contributed by atoms with E-state index in [1.54, 1.807) is 0 Å². The maximum Gasteiger partial charge on any atom is 0.231 e. The predicted octanol–water partition coefficient (Wildman–Crippen LogP) is 3.67. The normalized spacial score (nSPS) is 31.9. The lowest BCUT2D eigenvalue weighted by molar-refractivity contribution is 0.174. The molecule has 0 aromatic heterocycles. The van der Waals surface area contributed by atoms with Gasteiger partial charge < -0.3 is 14.8 Å². The SMILES string of the molecule is Clc1cc2c(cc1NC1CC3CCC1C3)OCO2. The summed E-state index contributed by atoms with van der Waals surface area (Å²) in [5, 5.41) is 4.33. The van der Waals surface area contributed by atoms with E-state index in [2.05, 4.69) is 5.32 Å². The van der Waals surface area contributed by atoms with Crippen molar-refractivity contribution in [3.63, 3.8) is 0 Å². The van der Waals surface area contributed by atoms with Gasteiger partial charge in [-0.2, -0.15) is 0 Å². The van der Waals surface area contributed by atoms with E-state index >= 15 is 0 Å². The van der Waals surface area contributed by atoms with Gasteiger partial charge in [-0.05, 0) is 31.1 Å². The minimum absolute atomic E-state index is 0.295. The summed E-state index contributed by atoms with van der Waals surface area (Å²) >= 11 is 6.29. The molecule has 96 valence electrons. The third-order valence-corrected chi connectivity index (χ3v) is 4.85. The molecule has 1 aromatic rings. The summed E-state index contributed by atoms with van der Waals surface area (Å²) in [5.41, 5.74) is 0.985. The Morgan fingerprint density at radius 2 is 1.94 bits per heavy atom. The first-order valence-electron chi connectivity index (χ1n) is 6.65. The van der Waals surface area contributed by atoms with Crippen LogP contribution in [0.15, 0.2) is 12.1 Å². The molecule has 4 heteroatoms. The van der Waals surface area contributed by atoms with Gasteiger partial charge in [0, 0.05) is 18.2 Å². The first-order valence-corrected chi connectivity index (χ1v) is 7.03. The molecule has 1 aromatic carbocycles. The van der Waals surface area contributed by atoms with Crippen molar-refractivity contribution >= 4 is 17.3 Å². The highest BCUT2D eigenvalue weighted by Gasteiger charge is 2.39. The van der Waals surface area contributed by atoms with E-state index in [9.17, 15) is 0 Å². The fourth-order valence-corrected chi connectivity index (χ4v) is 3.86. The van der Waals surface area contributed by atoms with Crippen LogP contribution in [0.1, 0.15) is 25.7 Å². The van der Waals surface area contributed by atoms with Gasteiger partial charge in [-0.25, -0.2) is 0 Å². The first kappa shape index (κ1) is 10.8. The highest BCUT2D eigenvalue weighted by atomic mass is 35.5.